The molecule has 3 N–H and O–H groups in total. The van der Waals surface area contributed by atoms with Gasteiger partial charge in [0.25, 0.3) is 0 Å². The van der Waals surface area contributed by atoms with Crippen molar-refractivity contribution in [3.63, 3.8) is 0 Å². The Balaban J connectivity index is 1.52. The summed E-state index contributed by atoms with van der Waals surface area (Å²) >= 11 is 11.8. The number of benzene rings is 2. The van der Waals surface area contributed by atoms with E-state index in [1.807, 2.05) is 24.3 Å². The van der Waals surface area contributed by atoms with Crippen molar-refractivity contribution in [2.45, 2.75) is 70.2 Å². The van der Waals surface area contributed by atoms with E-state index in [-0.39, 0.29) is 60.0 Å². The highest BCUT2D eigenvalue weighted by Crippen LogP contribution is 2.30. The lowest BCUT2D eigenvalue weighted by Gasteiger charge is -2.37. The van der Waals surface area contributed by atoms with Gasteiger partial charge in [-0.1, -0.05) is 47.5 Å². The molecule has 2 aliphatic heterocycles. The number of likely N-dealkylation sites (tertiary alicyclic amines) is 1. The number of halogens is 3. The molecule has 3 amide bonds. The summed E-state index contributed by atoms with van der Waals surface area (Å²) in [5.41, 5.74) is 1.48. The van der Waals surface area contributed by atoms with Crippen LogP contribution in [0.4, 0.5) is 10.1 Å². The van der Waals surface area contributed by atoms with E-state index in [0.29, 0.717) is 32.5 Å². The Morgan fingerprint density at radius 1 is 1.04 bits per heavy atom. The SMILES string of the molecule is CC(=O)OC1CCN(CCC(NC(=O)[C@@H]2Cc3ccccc3CN2C(=O)CCC(=O)O)C(=O)Nc2ccc(Cl)c(Cl)c2F)CC1. The fourth-order valence-corrected chi connectivity index (χ4v) is 5.86. The highest BCUT2D eigenvalue weighted by molar-refractivity contribution is 6.42. The number of amides is 3. The molecule has 0 aliphatic carbocycles. The molecule has 4 rings (SSSR count). The zero-order chi connectivity index (χ0) is 32.7. The van der Waals surface area contributed by atoms with Crippen LogP contribution >= 0.6 is 23.2 Å². The second-order valence-corrected chi connectivity index (χ2v) is 11.9. The van der Waals surface area contributed by atoms with E-state index in [0.717, 1.165) is 11.1 Å². The molecular weight excluding hydrogens is 630 g/mol. The molecule has 1 fully saturated rings. The van der Waals surface area contributed by atoms with Crippen LogP contribution in [0.2, 0.25) is 10.0 Å². The predicted molar refractivity (Wildman–Crippen MR) is 164 cm³/mol. The number of carbonyl (C=O) groups excluding carboxylic acids is 4. The number of carbonyl (C=O) groups is 5. The summed E-state index contributed by atoms with van der Waals surface area (Å²) in [7, 11) is 0. The monoisotopic (exact) mass is 664 g/mol. The lowest BCUT2D eigenvalue weighted by atomic mass is 9.92. The number of nitrogens with zero attached hydrogens (tertiary/aromatic N) is 2. The van der Waals surface area contributed by atoms with Crippen LogP contribution in [0, 0.1) is 5.82 Å². The van der Waals surface area contributed by atoms with Crippen molar-refractivity contribution < 1.29 is 38.2 Å². The van der Waals surface area contributed by atoms with E-state index < -0.39 is 41.6 Å². The van der Waals surface area contributed by atoms with Gasteiger partial charge in [-0.2, -0.15) is 0 Å². The molecule has 2 aliphatic rings. The van der Waals surface area contributed by atoms with Gasteiger partial charge in [-0.25, -0.2) is 4.39 Å². The van der Waals surface area contributed by atoms with Crippen LogP contribution in [0.3, 0.4) is 0 Å². The first kappa shape index (κ1) is 34.1. The number of hydrogen-bond donors (Lipinski definition) is 3. The Hall–Kier alpha value is -3.74. The molecule has 2 aromatic rings. The minimum Gasteiger partial charge on any atom is -0.481 e. The summed E-state index contributed by atoms with van der Waals surface area (Å²) < 4.78 is 20.1. The van der Waals surface area contributed by atoms with Crippen LogP contribution in [0.5, 0.6) is 0 Å². The molecule has 0 aromatic heterocycles. The summed E-state index contributed by atoms with van der Waals surface area (Å²) in [6.45, 7) is 3.07. The minimum absolute atomic E-state index is 0.0283. The maximum absolute atomic E-state index is 14.8. The highest BCUT2D eigenvalue weighted by atomic mass is 35.5. The molecule has 45 heavy (non-hydrogen) atoms. The number of fused-ring (bicyclic) bond motifs is 1. The second kappa shape index (κ2) is 15.5. The molecule has 0 spiro atoms. The molecule has 2 aromatic carbocycles. The van der Waals surface area contributed by atoms with Gasteiger partial charge in [-0.05, 0) is 42.5 Å². The fourth-order valence-electron chi connectivity index (χ4n) is 5.55. The van der Waals surface area contributed by atoms with Crippen molar-refractivity contribution in [1.82, 2.24) is 15.1 Å². The maximum Gasteiger partial charge on any atom is 0.303 e. The number of aliphatic carboxylic acids is 1. The smallest absolute Gasteiger partial charge is 0.303 e. The fraction of sp³-hybridized carbons (Fsp3) is 0.452. The van der Waals surface area contributed by atoms with Crippen molar-refractivity contribution in [3.05, 3.63) is 63.4 Å². The number of carboxylic acid groups (broad SMARTS) is 1. The quantitative estimate of drug-likeness (QED) is 0.243. The molecule has 11 nitrogen and oxygen atoms in total. The Kier molecular flexibility index (Phi) is 11.8. The van der Waals surface area contributed by atoms with Gasteiger partial charge in [-0.15, -0.1) is 0 Å². The average molecular weight is 666 g/mol. The Bertz CT molecular complexity index is 1450. The van der Waals surface area contributed by atoms with Gasteiger partial charge >= 0.3 is 11.9 Å². The molecule has 2 atom stereocenters. The van der Waals surface area contributed by atoms with Gasteiger partial charge in [0.2, 0.25) is 17.7 Å². The maximum atomic E-state index is 14.8. The third-order valence-corrected chi connectivity index (χ3v) is 8.73. The van der Waals surface area contributed by atoms with Crippen LogP contribution in [-0.2, 0) is 41.7 Å². The van der Waals surface area contributed by atoms with Gasteiger partial charge in [0.05, 0.1) is 22.2 Å². The van der Waals surface area contributed by atoms with E-state index in [9.17, 15) is 28.4 Å². The minimum atomic E-state index is -1.13. The molecule has 0 radical (unpaired) electrons. The number of piperidine rings is 1. The predicted octanol–water partition coefficient (Wildman–Crippen LogP) is 3.79. The number of anilines is 1. The standard InChI is InChI=1S/C31H35Cl2FN4O7/c1-18(39)45-21-10-13-37(14-11-21)15-12-24(30(43)35-23-7-6-22(32)28(33)29(23)34)36-31(44)25-16-19-4-2-3-5-20(19)17-38(25)26(40)8-9-27(41)42/h2-7,21,24-25H,8-17H2,1H3,(H,35,43)(H,36,44)(H,41,42)/t24?,25-/m0/s1. The van der Waals surface area contributed by atoms with E-state index in [1.165, 1.54) is 24.0 Å². The van der Waals surface area contributed by atoms with Gasteiger partial charge in [0.1, 0.15) is 18.2 Å². The largest absolute Gasteiger partial charge is 0.481 e. The number of rotatable bonds is 11. The summed E-state index contributed by atoms with van der Waals surface area (Å²) in [4.78, 5) is 66.3. The molecule has 2 heterocycles. The molecule has 0 bridgehead atoms. The van der Waals surface area contributed by atoms with E-state index in [2.05, 4.69) is 15.5 Å². The van der Waals surface area contributed by atoms with Crippen LogP contribution in [0.15, 0.2) is 36.4 Å². The number of nitrogens with one attached hydrogen (secondary N) is 2. The molecule has 1 unspecified atom stereocenters. The van der Waals surface area contributed by atoms with Crippen LogP contribution in [-0.4, -0.2) is 82.4 Å². The first-order valence-electron chi connectivity index (χ1n) is 14.6. The first-order chi connectivity index (χ1) is 21.4. The van der Waals surface area contributed by atoms with Crippen molar-refractivity contribution in [1.29, 1.82) is 0 Å². The van der Waals surface area contributed by atoms with Crippen molar-refractivity contribution in [2.24, 2.45) is 0 Å². The summed E-state index contributed by atoms with van der Waals surface area (Å²) in [5.74, 6) is -4.20. The lowest BCUT2D eigenvalue weighted by Crippen LogP contribution is -2.56. The molecule has 242 valence electrons. The van der Waals surface area contributed by atoms with Crippen LogP contribution in [0.25, 0.3) is 0 Å². The first-order valence-corrected chi connectivity index (χ1v) is 15.4. The summed E-state index contributed by atoms with van der Waals surface area (Å²) in [6, 6.07) is 7.80. The van der Waals surface area contributed by atoms with Gasteiger partial charge in [0, 0.05) is 45.9 Å². The Labute approximate surface area is 270 Å². The third-order valence-electron chi connectivity index (χ3n) is 7.95. The average Bonchev–Trinajstić information content (AvgIpc) is 3.01. The number of esters is 1. The molecule has 0 saturated carbocycles. The van der Waals surface area contributed by atoms with E-state index in [4.69, 9.17) is 33.0 Å². The topological polar surface area (TPSA) is 145 Å². The zero-order valence-electron chi connectivity index (χ0n) is 24.7. The van der Waals surface area contributed by atoms with Crippen LogP contribution < -0.4 is 10.6 Å². The van der Waals surface area contributed by atoms with Gasteiger partial charge in [-0.3, -0.25) is 24.0 Å². The van der Waals surface area contributed by atoms with Crippen molar-refractivity contribution in [2.75, 3.05) is 25.0 Å². The number of hydrogen-bond acceptors (Lipinski definition) is 7. The normalized spacial score (nSPS) is 17.6. The van der Waals surface area contributed by atoms with E-state index >= 15 is 0 Å². The number of ether oxygens (including phenoxy) is 1. The summed E-state index contributed by atoms with van der Waals surface area (Å²) in [6.07, 6.45) is 0.687. The van der Waals surface area contributed by atoms with E-state index in [1.54, 1.807) is 0 Å². The zero-order valence-corrected chi connectivity index (χ0v) is 26.2. The van der Waals surface area contributed by atoms with Gasteiger partial charge < -0.3 is 30.3 Å². The molecular formula is C31H35Cl2FN4O7. The molecule has 14 heteroatoms. The lowest BCUT2D eigenvalue weighted by molar-refractivity contribution is -0.148. The second-order valence-electron chi connectivity index (χ2n) is 11.1. The van der Waals surface area contributed by atoms with Crippen molar-refractivity contribution >= 4 is 58.5 Å². The van der Waals surface area contributed by atoms with Crippen molar-refractivity contribution in [3.8, 4) is 0 Å². The highest BCUT2D eigenvalue weighted by Gasteiger charge is 2.36. The third kappa shape index (κ3) is 9.15. The molecule has 1 saturated heterocycles. The van der Waals surface area contributed by atoms with Crippen LogP contribution in [0.1, 0.15) is 50.2 Å². The Morgan fingerprint density at radius 2 is 1.73 bits per heavy atom. The van der Waals surface area contributed by atoms with Gasteiger partial charge in [0.15, 0.2) is 5.82 Å². The number of carboxylic acids is 1. The summed E-state index contributed by atoms with van der Waals surface area (Å²) in [5, 5.41) is 14.0. The Morgan fingerprint density at radius 3 is 2.40 bits per heavy atom.